The van der Waals surface area contributed by atoms with Crippen LogP contribution in [-0.4, -0.2) is 27.4 Å². The average Bonchev–Trinajstić information content (AvgIpc) is 3.53. The zero-order chi connectivity index (χ0) is 22.9. The van der Waals surface area contributed by atoms with Gasteiger partial charge in [-0.15, -0.1) is 35.9 Å². The van der Waals surface area contributed by atoms with Crippen LogP contribution >= 0.6 is 0 Å². The molecule has 0 spiro atoms. The molecule has 3 aliphatic carbocycles. The summed E-state index contributed by atoms with van der Waals surface area (Å²) in [5.74, 6) is 2.45. The summed E-state index contributed by atoms with van der Waals surface area (Å²) in [5, 5.41) is 23.0. The van der Waals surface area contributed by atoms with E-state index >= 15 is 0 Å². The van der Waals surface area contributed by atoms with E-state index in [0.717, 1.165) is 23.6 Å². The van der Waals surface area contributed by atoms with Gasteiger partial charge in [-0.05, 0) is 66.0 Å². The molecule has 4 unspecified atom stereocenters. The van der Waals surface area contributed by atoms with Gasteiger partial charge in [0.1, 0.15) is 0 Å². The second kappa shape index (κ2) is 11.0. The van der Waals surface area contributed by atoms with Crippen molar-refractivity contribution in [3.63, 3.8) is 0 Å². The summed E-state index contributed by atoms with van der Waals surface area (Å²) >= 11 is 0. The third-order valence-electron chi connectivity index (χ3n) is 8.49. The number of aromatic nitrogens is 1. The SMILES string of the molecule is C[C@@H]1CC2C[C@@H](C3CCCC3)C(O)C2C1O.Cc1ccc2c(-c3[c-]cccc3)nccc2c1.[Ir]. The van der Waals surface area contributed by atoms with E-state index in [2.05, 4.69) is 49.2 Å². The van der Waals surface area contributed by atoms with E-state index in [1.807, 2.05) is 30.5 Å². The maximum atomic E-state index is 10.4. The first-order valence-electron chi connectivity index (χ1n) is 12.7. The number of pyridine rings is 1. The Morgan fingerprint density at radius 1 is 0.941 bits per heavy atom. The summed E-state index contributed by atoms with van der Waals surface area (Å²) in [6.07, 6.45) is 9.03. The molecule has 2 aromatic carbocycles. The molecular weight excluding hydrogens is 599 g/mol. The van der Waals surface area contributed by atoms with E-state index in [9.17, 15) is 10.2 Å². The van der Waals surface area contributed by atoms with Gasteiger partial charge in [0.25, 0.3) is 0 Å². The zero-order valence-corrected chi connectivity index (χ0v) is 22.6. The molecule has 1 aromatic heterocycles. The Kier molecular flexibility index (Phi) is 8.25. The third kappa shape index (κ3) is 5.02. The fourth-order valence-electron chi connectivity index (χ4n) is 6.85. The van der Waals surface area contributed by atoms with Crippen LogP contribution in [0.15, 0.2) is 54.7 Å². The van der Waals surface area contributed by atoms with Crippen molar-refractivity contribution >= 4 is 10.8 Å². The molecule has 0 amide bonds. The molecule has 1 radical (unpaired) electrons. The second-order valence-electron chi connectivity index (χ2n) is 10.6. The summed E-state index contributed by atoms with van der Waals surface area (Å²) in [6, 6.07) is 19.7. The number of benzene rings is 2. The number of aliphatic hydroxyl groups excluding tert-OH is 2. The smallest absolute Gasteiger partial charge is 0.0626 e. The van der Waals surface area contributed by atoms with Crippen LogP contribution in [0.2, 0.25) is 0 Å². The van der Waals surface area contributed by atoms with Crippen LogP contribution < -0.4 is 0 Å². The van der Waals surface area contributed by atoms with E-state index < -0.39 is 0 Å². The van der Waals surface area contributed by atoms with Crippen LogP contribution in [0.1, 0.15) is 51.0 Å². The van der Waals surface area contributed by atoms with Crippen molar-refractivity contribution in [2.45, 2.75) is 64.6 Å². The van der Waals surface area contributed by atoms with Gasteiger partial charge in [0.2, 0.25) is 0 Å². The minimum Gasteiger partial charge on any atom is -0.392 e. The Labute approximate surface area is 217 Å². The van der Waals surface area contributed by atoms with Gasteiger partial charge in [-0.1, -0.05) is 56.4 Å². The number of aliphatic hydroxyl groups is 2. The molecule has 0 bridgehead atoms. The van der Waals surface area contributed by atoms with Gasteiger partial charge in [0, 0.05) is 32.2 Å². The molecule has 3 aromatic rings. The van der Waals surface area contributed by atoms with Crippen LogP contribution in [0, 0.1) is 42.6 Å². The van der Waals surface area contributed by atoms with Crippen molar-refractivity contribution < 1.29 is 30.3 Å². The number of hydrogen-bond acceptors (Lipinski definition) is 3. The van der Waals surface area contributed by atoms with Crippen molar-refractivity contribution in [1.29, 1.82) is 0 Å². The van der Waals surface area contributed by atoms with E-state index in [0.29, 0.717) is 17.8 Å². The summed E-state index contributed by atoms with van der Waals surface area (Å²) in [4.78, 5) is 4.48. The molecule has 3 fully saturated rings. The molecule has 2 N–H and O–H groups in total. The van der Waals surface area contributed by atoms with Gasteiger partial charge in [0.15, 0.2) is 0 Å². The molecule has 3 aliphatic rings. The van der Waals surface area contributed by atoms with Gasteiger partial charge in [-0.3, -0.25) is 0 Å². The molecule has 6 atom stereocenters. The fourth-order valence-corrected chi connectivity index (χ4v) is 6.85. The molecule has 6 rings (SSSR count). The first kappa shape index (κ1) is 25.5. The van der Waals surface area contributed by atoms with Crippen LogP contribution in [-0.2, 0) is 20.1 Å². The van der Waals surface area contributed by atoms with Crippen LogP contribution in [0.25, 0.3) is 22.0 Å². The van der Waals surface area contributed by atoms with Crippen molar-refractivity contribution in [2.24, 2.45) is 29.6 Å². The molecule has 3 saturated carbocycles. The predicted molar refractivity (Wildman–Crippen MR) is 134 cm³/mol. The molecule has 1 heterocycles. The number of fused-ring (bicyclic) bond motifs is 2. The standard InChI is InChI=1S/C16H12N.C14H24O2.Ir/c1-12-7-8-15-14(11-12)9-10-17-16(15)13-5-3-2-4-6-13;1-8-6-10-7-11(9-4-2-3-5-9)14(16)12(10)13(8)15;/h2-5,7-11H,1H3;8-16H,2-7H2,1H3;/q-1;;/t;8-,10?,11+,12?,13?,14?;/m.1./s1. The maximum Gasteiger partial charge on any atom is 0.0626 e. The van der Waals surface area contributed by atoms with Gasteiger partial charge in [-0.25, -0.2) is 0 Å². The molecule has 4 heteroatoms. The molecule has 183 valence electrons. The van der Waals surface area contributed by atoms with E-state index in [-0.39, 0.29) is 38.2 Å². The summed E-state index contributed by atoms with van der Waals surface area (Å²) in [5.41, 5.74) is 3.32. The second-order valence-corrected chi connectivity index (χ2v) is 10.6. The van der Waals surface area contributed by atoms with Gasteiger partial charge in [0.05, 0.1) is 12.2 Å². The first-order chi connectivity index (χ1) is 16.0. The first-order valence-corrected chi connectivity index (χ1v) is 12.7. The van der Waals surface area contributed by atoms with Gasteiger partial charge >= 0.3 is 0 Å². The summed E-state index contributed by atoms with van der Waals surface area (Å²) < 4.78 is 0. The Hall–Kier alpha value is -1.58. The van der Waals surface area contributed by atoms with Crippen LogP contribution in [0.3, 0.4) is 0 Å². The Bertz CT molecular complexity index is 1080. The van der Waals surface area contributed by atoms with Crippen LogP contribution in [0.5, 0.6) is 0 Å². The zero-order valence-electron chi connectivity index (χ0n) is 20.2. The molecule has 0 aliphatic heterocycles. The molecule has 34 heavy (non-hydrogen) atoms. The maximum absolute atomic E-state index is 10.4. The monoisotopic (exact) mass is 635 g/mol. The predicted octanol–water partition coefficient (Wildman–Crippen LogP) is 6.20. The summed E-state index contributed by atoms with van der Waals surface area (Å²) in [6.45, 7) is 4.23. The Morgan fingerprint density at radius 2 is 1.74 bits per heavy atom. The minimum absolute atomic E-state index is 0. The number of nitrogens with zero attached hydrogens (tertiary/aromatic N) is 1. The summed E-state index contributed by atoms with van der Waals surface area (Å²) in [7, 11) is 0. The minimum atomic E-state index is -0.244. The van der Waals surface area contributed by atoms with Gasteiger partial charge < -0.3 is 15.2 Å². The average molecular weight is 635 g/mol. The third-order valence-corrected chi connectivity index (χ3v) is 8.49. The molecule has 0 saturated heterocycles. The fraction of sp³-hybridized carbons (Fsp3) is 0.500. The Balaban J connectivity index is 0.000000157. The van der Waals surface area contributed by atoms with Gasteiger partial charge in [-0.2, -0.15) is 0 Å². The van der Waals surface area contributed by atoms with Crippen molar-refractivity contribution in [1.82, 2.24) is 4.98 Å². The number of aryl methyl sites for hydroxylation is 1. The normalized spacial score (nSPS) is 30.5. The van der Waals surface area contributed by atoms with E-state index in [1.54, 1.807) is 0 Å². The number of rotatable bonds is 2. The Morgan fingerprint density at radius 3 is 2.44 bits per heavy atom. The molecular formula is C30H36IrNO2-. The number of hydrogen-bond donors (Lipinski definition) is 2. The quantitative estimate of drug-likeness (QED) is 0.331. The topological polar surface area (TPSA) is 53.4 Å². The largest absolute Gasteiger partial charge is 0.392 e. The van der Waals surface area contributed by atoms with E-state index in [4.69, 9.17) is 0 Å². The van der Waals surface area contributed by atoms with Crippen molar-refractivity contribution in [2.75, 3.05) is 0 Å². The van der Waals surface area contributed by atoms with Crippen molar-refractivity contribution in [3.05, 3.63) is 66.4 Å². The van der Waals surface area contributed by atoms with Crippen molar-refractivity contribution in [3.8, 4) is 11.3 Å². The van der Waals surface area contributed by atoms with E-state index in [1.165, 1.54) is 48.4 Å². The molecule has 3 nitrogen and oxygen atoms in total. The van der Waals surface area contributed by atoms with Crippen LogP contribution in [0.4, 0.5) is 0 Å².